The number of nitrogens with zero attached hydrogens (tertiary/aromatic N) is 12. The van der Waals surface area contributed by atoms with Crippen LogP contribution in [-0.4, -0.2) is 340 Å². The van der Waals surface area contributed by atoms with Crippen LogP contribution in [0.4, 0.5) is 19.2 Å². The van der Waals surface area contributed by atoms with Crippen LogP contribution in [0.25, 0.3) is 0 Å². The van der Waals surface area contributed by atoms with Gasteiger partial charge in [-0.1, -0.05) is 158 Å². The van der Waals surface area contributed by atoms with Gasteiger partial charge in [-0.15, -0.1) is 0 Å². The van der Waals surface area contributed by atoms with Crippen molar-refractivity contribution in [2.45, 2.75) is 223 Å². The lowest BCUT2D eigenvalue weighted by atomic mass is 9.67. The molecule has 0 aromatic heterocycles. The molecule has 6 N–H and O–H groups in total. The molecule has 7 aliphatic carbocycles. The van der Waals surface area contributed by atoms with E-state index in [4.69, 9.17) is 30.4 Å². The fraction of sp³-hybridized carbons (Fsp3) is 0.623. The number of rotatable bonds is 39. The number of urea groups is 4. The Kier molecular flexibility index (Phi) is 34.6. The van der Waals surface area contributed by atoms with Gasteiger partial charge < -0.3 is 75.1 Å². The van der Waals surface area contributed by atoms with Crippen molar-refractivity contribution in [3.63, 3.8) is 0 Å². The number of imide groups is 1. The Morgan fingerprint density at radius 3 is 1.15 bits per heavy atom. The number of primary amides is 2. The highest BCUT2D eigenvalue weighted by atomic mass is 16.6. The second kappa shape index (κ2) is 45.4. The summed E-state index contributed by atoms with van der Waals surface area (Å²) in [7, 11) is 20.2. The van der Waals surface area contributed by atoms with Gasteiger partial charge in [-0.2, -0.15) is 0 Å². The number of hydrogen-bond acceptors (Lipinski definition) is 19. The number of hydrogen-bond donors (Lipinski definition) is 4. The highest BCUT2D eigenvalue weighted by Gasteiger charge is 2.61. The molecule has 12 amide bonds. The van der Waals surface area contributed by atoms with Crippen LogP contribution in [0, 0.1) is 11.8 Å². The summed E-state index contributed by atoms with van der Waals surface area (Å²) in [5.41, 5.74) is 13.9. The van der Waals surface area contributed by atoms with Crippen LogP contribution in [-0.2, 0) is 76.3 Å². The van der Waals surface area contributed by atoms with Gasteiger partial charge in [-0.3, -0.25) is 53.3 Å². The van der Waals surface area contributed by atoms with Gasteiger partial charge in [0.25, 0.3) is 5.91 Å². The third kappa shape index (κ3) is 23.7. The number of methoxy groups -OCH3 is 1. The summed E-state index contributed by atoms with van der Waals surface area (Å²) in [6.07, 6.45) is 23.4. The number of ketones is 2. The first kappa shape index (κ1) is 104. The van der Waals surface area contributed by atoms with E-state index < -0.39 is 29.0 Å². The van der Waals surface area contributed by atoms with Gasteiger partial charge in [0.2, 0.25) is 17.7 Å². The summed E-state index contributed by atoms with van der Waals surface area (Å²) in [6.45, 7) is 7.07. The summed E-state index contributed by atoms with van der Waals surface area (Å²) >= 11 is 0. The fourth-order valence-electron chi connectivity index (χ4n) is 23.4. The smallest absolute Gasteiger partial charge is 0.325 e. The van der Waals surface area contributed by atoms with E-state index in [1.807, 2.05) is 65.6 Å². The van der Waals surface area contributed by atoms with Crippen molar-refractivity contribution < 1.29 is 72.0 Å². The Morgan fingerprint density at radius 2 is 0.779 bits per heavy atom. The van der Waals surface area contributed by atoms with Crippen molar-refractivity contribution in [1.29, 1.82) is 0 Å². The lowest BCUT2D eigenvalue weighted by molar-refractivity contribution is -0.136. The number of carbonyl (C=O) groups is 10. The molecule has 16 rings (SSSR count). The molecule has 0 radical (unpaired) electrons. The van der Waals surface area contributed by atoms with Gasteiger partial charge in [0.1, 0.15) is 18.6 Å². The molecule has 0 unspecified atom stereocenters. The molecule has 4 spiro atoms. The molecule has 5 aromatic carbocycles. The number of β-amino-alcohol motifs (C(OH)–C–C–N with tert-alkyl or cyclic N) is 1. The maximum Gasteiger partial charge on any atom is 0.325 e. The normalized spacial score (nSPS) is 26.9. The number of nitrogens with two attached hydrogens (primary N) is 2. The molecule has 5 aromatic rings. The number of nitrogens with one attached hydrogen (secondary N) is 1. The third-order valence-corrected chi connectivity index (χ3v) is 32.4. The van der Waals surface area contributed by atoms with Crippen LogP contribution < -0.4 is 16.8 Å². The molecule has 30 nitrogen and oxygen atoms in total. The minimum Gasteiger partial charge on any atom is -0.388 e. The molecule has 7 saturated carbocycles. The number of Topliss-reactive ketones (excluding diaryl/α,β-unsaturated/α-hetero) is 2. The largest absolute Gasteiger partial charge is 0.388 e. The topological polar surface area (TPSA) is 331 Å². The standard InChI is InChI=1S/C33H53N3O7.C25H37N5O3.C25H29N3O3.C23H34N4O2/c1-34(2)33(28-9-5-4-6-10-28)16-14-31(15-17-33)26-35(30(38)36(31)27-32(39)12-8-13-32)25-29(37)11-7-18-41-21-22-43-24-23-42-20-19-40-3;1-27(2)25(20-7-5-4-6-8-20)13-11-24(12-14-25)18-29(17-22(32)28(3)16-21(26)31)23(33)30(24)15-19-9-10-19;1-27(2)25(20-11-7-4-8-12-20)15-13-24(14-16-25)22(30)28(23(31)26-24)18-21(29)17-19-9-5-3-6-10-19;1-25(2)23(19-9-4-3-5-10-19)13-11-22(12-14-23)17-26(16-20(24)28)21(29)27(22)15-18-7-6-8-18/h4-6,9-10,39H,7-8,11-27H2,1-3H3;4-8,19H,9-18H2,1-3H3,(H2,26,31);3-12H,13-18H2,1-2H3,(H,26,31);3-5,9-10,18H,6-8,11-17H2,1-2H3,(H2,24,28). The Morgan fingerprint density at radius 1 is 0.412 bits per heavy atom. The zero-order chi connectivity index (χ0) is 97.3. The fourth-order valence-corrected chi connectivity index (χ4v) is 23.4. The predicted octanol–water partition coefficient (Wildman–Crippen LogP) is 11.2. The zero-order valence-corrected chi connectivity index (χ0v) is 82.6. The number of likely N-dealkylation sites (N-methyl/N-ethyl adjacent to an activating group) is 1. The molecule has 4 saturated heterocycles. The van der Waals surface area contributed by atoms with E-state index in [-0.39, 0.29) is 119 Å². The van der Waals surface area contributed by atoms with Gasteiger partial charge in [0, 0.05) is 88.5 Å². The maximum atomic E-state index is 13.8. The third-order valence-electron chi connectivity index (χ3n) is 32.4. The first-order valence-corrected chi connectivity index (χ1v) is 49.7. The van der Waals surface area contributed by atoms with E-state index in [2.05, 4.69) is 182 Å². The van der Waals surface area contributed by atoms with Gasteiger partial charge in [-0.05, 0) is 250 Å². The summed E-state index contributed by atoms with van der Waals surface area (Å²) in [4.78, 5) is 150. The van der Waals surface area contributed by atoms with Crippen molar-refractivity contribution in [2.75, 3.05) is 189 Å². The van der Waals surface area contributed by atoms with Gasteiger partial charge in [0.15, 0.2) is 11.6 Å². The number of amides is 12. The first-order chi connectivity index (χ1) is 65.1. The molecule has 4 aliphatic heterocycles. The average Bonchev–Trinajstić information content (AvgIpc) is 1.62. The van der Waals surface area contributed by atoms with Crippen molar-refractivity contribution in [1.82, 2.24) is 64.1 Å². The van der Waals surface area contributed by atoms with E-state index in [1.54, 1.807) is 28.9 Å². The molecule has 11 aliphatic rings. The van der Waals surface area contributed by atoms with Gasteiger partial charge in [0.05, 0.1) is 88.0 Å². The highest BCUT2D eigenvalue weighted by Crippen LogP contribution is 2.55. The molecule has 11 fully saturated rings. The molecule has 136 heavy (non-hydrogen) atoms. The van der Waals surface area contributed by atoms with Crippen LogP contribution in [0.15, 0.2) is 152 Å². The van der Waals surface area contributed by atoms with Crippen LogP contribution in [0.5, 0.6) is 0 Å². The first-order valence-electron chi connectivity index (χ1n) is 49.7. The quantitative estimate of drug-likeness (QED) is 0.0210. The molecule has 0 bridgehead atoms. The van der Waals surface area contributed by atoms with E-state index in [1.165, 1.54) is 59.3 Å². The summed E-state index contributed by atoms with van der Waals surface area (Å²) in [6, 6.07) is 51.2. The van der Waals surface area contributed by atoms with Crippen LogP contribution in [0.2, 0.25) is 0 Å². The highest BCUT2D eigenvalue weighted by molar-refractivity contribution is 6.09. The second-order valence-corrected chi connectivity index (χ2v) is 41.6. The minimum atomic E-state index is -0.904. The molecule has 0 atom stereocenters. The summed E-state index contributed by atoms with van der Waals surface area (Å²) < 4.78 is 21.4. The van der Waals surface area contributed by atoms with E-state index in [0.717, 1.165) is 133 Å². The van der Waals surface area contributed by atoms with E-state index in [0.29, 0.717) is 110 Å². The van der Waals surface area contributed by atoms with E-state index in [9.17, 15) is 53.1 Å². The van der Waals surface area contributed by atoms with Crippen LogP contribution in [0.3, 0.4) is 0 Å². The lowest BCUT2D eigenvalue weighted by Crippen LogP contribution is -2.59. The van der Waals surface area contributed by atoms with Crippen LogP contribution >= 0.6 is 0 Å². The molecule has 4 heterocycles. The summed E-state index contributed by atoms with van der Waals surface area (Å²) in [5.74, 6) is -0.418. The van der Waals surface area contributed by atoms with Crippen molar-refractivity contribution in [3.05, 3.63) is 179 Å². The Labute approximate surface area is 806 Å². The molecule has 742 valence electrons. The molecule has 30 heteroatoms. The van der Waals surface area contributed by atoms with Gasteiger partial charge in [-0.25, -0.2) is 19.2 Å². The second-order valence-electron chi connectivity index (χ2n) is 41.6. The Bertz CT molecular complexity index is 4810. The van der Waals surface area contributed by atoms with Crippen LogP contribution in [0.1, 0.15) is 195 Å². The van der Waals surface area contributed by atoms with E-state index >= 15 is 0 Å². The zero-order valence-electron chi connectivity index (χ0n) is 82.6. The average molecular weight is 1880 g/mol. The minimum absolute atomic E-state index is 0.00515. The predicted molar refractivity (Wildman–Crippen MR) is 522 cm³/mol. The van der Waals surface area contributed by atoms with Crippen molar-refractivity contribution in [2.24, 2.45) is 23.3 Å². The van der Waals surface area contributed by atoms with Crippen molar-refractivity contribution >= 4 is 59.3 Å². The maximum absolute atomic E-state index is 13.8. The molecular formula is C106H153N15O15. The molecular weight excluding hydrogens is 1720 g/mol. The van der Waals surface area contributed by atoms with Gasteiger partial charge >= 0.3 is 24.1 Å². The van der Waals surface area contributed by atoms with Crippen molar-refractivity contribution in [3.8, 4) is 0 Å². The summed E-state index contributed by atoms with van der Waals surface area (Å²) in [5, 5.41) is 14.0. The Hall–Kier alpha value is -9.76. The monoisotopic (exact) mass is 1880 g/mol. The number of carbonyl (C=O) groups excluding carboxylic acids is 10. The Balaban J connectivity index is 0.000000155. The number of aliphatic hydroxyl groups is 1. The number of ether oxygens (including phenoxy) is 4. The number of benzene rings is 5. The SMILES string of the molecule is CN(C)C1(c2ccccc2)CCC2(CC1)CN(CC(N)=O)C(=O)N2CC1CCC1.CN(C)C1(c2ccccc2)CCC2(CC1)NC(=O)N(CC(=O)Cc1ccccc1)C2=O.CN(CC(N)=O)C(=O)CN1CC2(CCC(c3ccccc3)(N(C)C)CC2)N(CC2CC2)C1=O.COCCOCCOCCOCCCC(=O)CN1CC2(CCC(c3ccccc3)(N(C)C)CC2)N(CC2(O)CCC2)C1=O. The lowest BCUT2D eigenvalue weighted by Gasteiger charge is -2.52.